The van der Waals surface area contributed by atoms with E-state index in [1.165, 1.54) is 7.11 Å². The zero-order valence-corrected chi connectivity index (χ0v) is 13.6. The highest BCUT2D eigenvalue weighted by Crippen LogP contribution is 2.27. The fraction of sp³-hybridized carbons (Fsp3) is 0.471. The lowest BCUT2D eigenvalue weighted by Gasteiger charge is -2.26. The van der Waals surface area contributed by atoms with E-state index in [0.29, 0.717) is 24.2 Å². The van der Waals surface area contributed by atoms with Crippen LogP contribution in [0, 0.1) is 0 Å². The maximum atomic E-state index is 12.3. The van der Waals surface area contributed by atoms with Gasteiger partial charge in [0.25, 0.3) is 0 Å². The predicted molar refractivity (Wildman–Crippen MR) is 87.6 cm³/mol. The Hall–Kier alpha value is -2.41. The number of esters is 1. The Bertz CT molecular complexity index is 644. The molecule has 2 heterocycles. The minimum atomic E-state index is -0.411. The van der Waals surface area contributed by atoms with Crippen molar-refractivity contribution in [2.24, 2.45) is 0 Å². The molecule has 2 N–H and O–H groups in total. The Morgan fingerprint density at radius 2 is 1.96 bits per heavy atom. The normalized spacial score (nSPS) is 23.3. The Balaban J connectivity index is 1.59. The van der Waals surface area contributed by atoms with Gasteiger partial charge in [0.15, 0.2) is 0 Å². The Labute approximate surface area is 140 Å². The van der Waals surface area contributed by atoms with Gasteiger partial charge >= 0.3 is 5.97 Å². The summed E-state index contributed by atoms with van der Waals surface area (Å²) in [5.41, 5.74) is 1.06. The molecule has 2 saturated heterocycles. The molecule has 0 radical (unpaired) electrons. The lowest BCUT2D eigenvalue weighted by molar-refractivity contribution is -0.122. The first-order valence-corrected chi connectivity index (χ1v) is 8.07. The van der Waals surface area contributed by atoms with Gasteiger partial charge in [0, 0.05) is 30.7 Å². The van der Waals surface area contributed by atoms with Crippen molar-refractivity contribution >= 4 is 23.5 Å². The quantitative estimate of drug-likeness (QED) is 0.796. The van der Waals surface area contributed by atoms with E-state index < -0.39 is 5.97 Å². The molecule has 1 aromatic rings. The van der Waals surface area contributed by atoms with Crippen molar-refractivity contribution in [3.63, 3.8) is 0 Å². The molecule has 24 heavy (non-hydrogen) atoms. The van der Waals surface area contributed by atoms with Crippen molar-refractivity contribution in [3.8, 4) is 0 Å². The summed E-state index contributed by atoms with van der Waals surface area (Å²) in [5, 5.41) is 5.73. The van der Waals surface area contributed by atoms with Gasteiger partial charge < -0.3 is 15.4 Å². The van der Waals surface area contributed by atoms with Crippen LogP contribution in [0.4, 0.5) is 5.69 Å². The maximum absolute atomic E-state index is 12.3. The number of hydrogen-bond donors (Lipinski definition) is 2. The van der Waals surface area contributed by atoms with Crippen molar-refractivity contribution in [1.82, 2.24) is 10.2 Å². The molecule has 2 unspecified atom stereocenters. The number of carbonyl (C=O) groups is 3. The van der Waals surface area contributed by atoms with Gasteiger partial charge in [-0.1, -0.05) is 0 Å². The zero-order chi connectivity index (χ0) is 17.1. The van der Waals surface area contributed by atoms with Gasteiger partial charge in [0.2, 0.25) is 11.8 Å². The topological polar surface area (TPSA) is 87.7 Å². The van der Waals surface area contributed by atoms with E-state index in [0.717, 1.165) is 12.8 Å². The van der Waals surface area contributed by atoms with E-state index in [1.807, 2.05) is 0 Å². The van der Waals surface area contributed by atoms with Crippen LogP contribution < -0.4 is 10.6 Å². The summed E-state index contributed by atoms with van der Waals surface area (Å²) in [6.45, 7) is 0.874. The summed E-state index contributed by atoms with van der Waals surface area (Å²) in [6.07, 6.45) is 2.42. The van der Waals surface area contributed by atoms with E-state index >= 15 is 0 Å². The van der Waals surface area contributed by atoms with Crippen LogP contribution in [0.15, 0.2) is 24.3 Å². The molecular formula is C17H21N3O4. The van der Waals surface area contributed by atoms with Gasteiger partial charge in [-0.3, -0.25) is 14.5 Å². The number of nitrogens with one attached hydrogen (secondary N) is 2. The van der Waals surface area contributed by atoms with Crippen LogP contribution >= 0.6 is 0 Å². The lowest BCUT2D eigenvalue weighted by Crippen LogP contribution is -2.42. The second-order valence-corrected chi connectivity index (χ2v) is 6.18. The van der Waals surface area contributed by atoms with Crippen LogP contribution in [0.2, 0.25) is 0 Å². The second-order valence-electron chi connectivity index (χ2n) is 6.18. The molecule has 0 spiro atoms. The number of anilines is 1. The maximum Gasteiger partial charge on any atom is 0.337 e. The molecule has 2 atom stereocenters. The van der Waals surface area contributed by atoms with Crippen LogP contribution in [0.3, 0.4) is 0 Å². The minimum absolute atomic E-state index is 0.0611. The summed E-state index contributed by atoms with van der Waals surface area (Å²) < 4.78 is 4.64. The summed E-state index contributed by atoms with van der Waals surface area (Å²) in [6, 6.07) is 6.94. The van der Waals surface area contributed by atoms with Gasteiger partial charge in [0.05, 0.1) is 19.2 Å². The molecule has 2 amide bonds. The summed E-state index contributed by atoms with van der Waals surface area (Å²) in [5.74, 6) is -0.468. The SMILES string of the molecule is COC(=O)c1ccc(NC(=O)CN2C3CCC2CC(=O)NC3)cc1. The average Bonchev–Trinajstić information content (AvgIpc) is 2.86. The number of ether oxygens (including phenoxy) is 1. The minimum Gasteiger partial charge on any atom is -0.465 e. The van der Waals surface area contributed by atoms with E-state index in [9.17, 15) is 14.4 Å². The summed E-state index contributed by atoms with van der Waals surface area (Å²) >= 11 is 0. The first kappa shape index (κ1) is 16.4. The highest BCUT2D eigenvalue weighted by atomic mass is 16.5. The zero-order valence-electron chi connectivity index (χ0n) is 13.6. The number of nitrogens with zero attached hydrogens (tertiary/aromatic N) is 1. The van der Waals surface area contributed by atoms with Gasteiger partial charge in [-0.05, 0) is 37.1 Å². The van der Waals surface area contributed by atoms with Crippen LogP contribution in [-0.2, 0) is 14.3 Å². The number of methoxy groups -OCH3 is 1. The fourth-order valence-electron chi connectivity index (χ4n) is 3.40. The van der Waals surface area contributed by atoms with Crippen molar-refractivity contribution in [2.75, 3.05) is 25.5 Å². The fourth-order valence-corrected chi connectivity index (χ4v) is 3.40. The number of hydrogen-bond acceptors (Lipinski definition) is 5. The molecule has 2 aliphatic heterocycles. The van der Waals surface area contributed by atoms with E-state index in [1.54, 1.807) is 24.3 Å². The Morgan fingerprint density at radius 1 is 1.25 bits per heavy atom. The van der Waals surface area contributed by atoms with Crippen LogP contribution in [-0.4, -0.2) is 55.0 Å². The number of rotatable bonds is 4. The molecule has 0 aliphatic carbocycles. The van der Waals surface area contributed by atoms with Gasteiger partial charge in [-0.25, -0.2) is 4.79 Å². The monoisotopic (exact) mass is 331 g/mol. The van der Waals surface area contributed by atoms with E-state index in [2.05, 4.69) is 20.3 Å². The van der Waals surface area contributed by atoms with E-state index in [-0.39, 0.29) is 30.4 Å². The van der Waals surface area contributed by atoms with Gasteiger partial charge in [-0.2, -0.15) is 0 Å². The van der Waals surface area contributed by atoms with Crippen LogP contribution in [0.5, 0.6) is 0 Å². The first-order valence-electron chi connectivity index (χ1n) is 8.07. The van der Waals surface area contributed by atoms with Crippen molar-refractivity contribution in [2.45, 2.75) is 31.3 Å². The average molecular weight is 331 g/mol. The molecule has 1 aromatic carbocycles. The molecule has 3 rings (SSSR count). The number of carbonyl (C=O) groups excluding carboxylic acids is 3. The number of benzene rings is 1. The largest absolute Gasteiger partial charge is 0.465 e. The Morgan fingerprint density at radius 3 is 2.67 bits per heavy atom. The molecule has 0 aromatic heterocycles. The molecular weight excluding hydrogens is 310 g/mol. The molecule has 0 saturated carbocycles. The van der Waals surface area contributed by atoms with Crippen molar-refractivity contribution in [1.29, 1.82) is 0 Å². The highest BCUT2D eigenvalue weighted by Gasteiger charge is 2.38. The Kier molecular flexibility index (Phi) is 4.80. The third kappa shape index (κ3) is 3.56. The smallest absolute Gasteiger partial charge is 0.337 e. The van der Waals surface area contributed by atoms with Crippen molar-refractivity contribution in [3.05, 3.63) is 29.8 Å². The summed E-state index contributed by atoms with van der Waals surface area (Å²) in [4.78, 5) is 37.5. The molecule has 2 aliphatic rings. The van der Waals surface area contributed by atoms with Crippen LogP contribution in [0.1, 0.15) is 29.6 Å². The third-order valence-corrected chi connectivity index (χ3v) is 4.64. The van der Waals surface area contributed by atoms with E-state index in [4.69, 9.17) is 0 Å². The second kappa shape index (κ2) is 7.00. The molecule has 7 nitrogen and oxygen atoms in total. The molecule has 2 bridgehead atoms. The molecule has 2 fully saturated rings. The standard InChI is InChI=1S/C17H21N3O4/c1-24-17(23)11-2-4-12(5-3-11)19-16(22)10-20-13-6-7-14(20)9-18-15(21)8-13/h2-5,13-14H,6-10H2,1H3,(H,18,21)(H,19,22). The lowest BCUT2D eigenvalue weighted by atomic mass is 10.1. The van der Waals surface area contributed by atoms with Gasteiger partial charge in [-0.15, -0.1) is 0 Å². The number of fused-ring (bicyclic) bond motifs is 2. The summed E-state index contributed by atoms with van der Waals surface area (Å²) in [7, 11) is 1.33. The molecule has 7 heteroatoms. The highest BCUT2D eigenvalue weighted by molar-refractivity contribution is 5.94. The van der Waals surface area contributed by atoms with Crippen LogP contribution in [0.25, 0.3) is 0 Å². The third-order valence-electron chi connectivity index (χ3n) is 4.64. The number of amides is 2. The molecule has 128 valence electrons. The van der Waals surface area contributed by atoms with Gasteiger partial charge in [0.1, 0.15) is 0 Å². The predicted octanol–water partition coefficient (Wildman–Crippen LogP) is 0.765. The first-order chi connectivity index (χ1) is 11.6. The van der Waals surface area contributed by atoms with Crippen molar-refractivity contribution < 1.29 is 19.1 Å².